The highest BCUT2D eigenvalue weighted by molar-refractivity contribution is 5.97. The fourth-order valence-corrected chi connectivity index (χ4v) is 14.3. The van der Waals surface area contributed by atoms with E-state index >= 15 is 0 Å². The van der Waals surface area contributed by atoms with Crippen LogP contribution in [0, 0.1) is 0 Å². The number of benzene rings is 4. The van der Waals surface area contributed by atoms with Gasteiger partial charge in [0.15, 0.2) is 34.3 Å². The zero-order valence-electron chi connectivity index (χ0n) is 56.8. The Hall–Kier alpha value is -12.4. The Morgan fingerprint density at radius 1 is 0.369 bits per heavy atom. The standard InChI is InChI=1S/C32H30N4O3.2C25H24N4O3/c37-28-18-21-35-30(31(28)39-22-24-12-4-3-5-13-24)32(38)34-20-11-2-1-6-14-25-15-7-8-16-26(25)29(36(35)23-34)27-17-9-10-19-33-27;2*30-21-13-16-28-23(24(21)31)25(32)27-15-8-2-1-3-9-18-10-4-5-11-19(18)22(29(28)17-27)20-12-6-7-14-26-20/h1,3-10,12-13,15-19,21,29H,2,11,14,20,22-23H2;2*1,3-7,10-14,16,22,31H,2,8-9,15,17H2/b;3-1+;3-1-. The van der Waals surface area contributed by atoms with Crippen LogP contribution in [-0.4, -0.2) is 111 Å². The molecule has 0 radical (unpaired) electrons. The van der Waals surface area contributed by atoms with Crippen LogP contribution in [0.2, 0.25) is 0 Å². The van der Waals surface area contributed by atoms with E-state index in [-0.39, 0.29) is 70.7 Å². The van der Waals surface area contributed by atoms with Gasteiger partial charge in [-0.25, -0.2) is 0 Å². The predicted octanol–water partition coefficient (Wildman–Crippen LogP) is 10.8. The fourth-order valence-electron chi connectivity index (χ4n) is 14.3. The molecule has 6 aromatic heterocycles. The lowest BCUT2D eigenvalue weighted by atomic mass is 9.94. The maximum absolute atomic E-state index is 13.9. The Labute approximate surface area is 595 Å². The van der Waals surface area contributed by atoms with E-state index in [4.69, 9.17) is 9.72 Å². The van der Waals surface area contributed by atoms with Crippen LogP contribution >= 0.6 is 0 Å². The molecule has 6 aliphatic heterocycles. The van der Waals surface area contributed by atoms with Gasteiger partial charge in [-0.1, -0.05) is 158 Å². The summed E-state index contributed by atoms with van der Waals surface area (Å²) in [6, 6.07) is 55.0. The van der Waals surface area contributed by atoms with Gasteiger partial charge in [-0.3, -0.25) is 72.8 Å². The molecule has 10 aromatic rings. The lowest BCUT2D eigenvalue weighted by molar-refractivity contribution is 0.0668. The Balaban J connectivity index is 0.000000132. The van der Waals surface area contributed by atoms with Crippen LogP contribution in [0.1, 0.15) is 144 Å². The molecule has 0 saturated heterocycles. The normalized spacial score (nSPS) is 18.5. The molecule has 2 N–H and O–H groups in total. The molecule has 0 fully saturated rings. The van der Waals surface area contributed by atoms with Crippen LogP contribution in [0.25, 0.3) is 0 Å². The fraction of sp³-hybridized carbons (Fsp3) is 0.232. The molecule has 520 valence electrons. The van der Waals surface area contributed by atoms with Crippen molar-refractivity contribution in [1.82, 2.24) is 43.7 Å². The lowest BCUT2D eigenvalue weighted by Crippen LogP contribution is -2.56. The first kappa shape index (κ1) is 67.8. The maximum atomic E-state index is 13.9. The molecule has 0 saturated carbocycles. The van der Waals surface area contributed by atoms with Crippen molar-refractivity contribution in [3.05, 3.63) is 353 Å². The topological polar surface area (TPSA) is 225 Å². The zero-order chi connectivity index (χ0) is 70.8. The van der Waals surface area contributed by atoms with Crippen LogP contribution < -0.4 is 36.0 Å². The molecule has 103 heavy (non-hydrogen) atoms. The molecule has 21 nitrogen and oxygen atoms in total. The van der Waals surface area contributed by atoms with Crippen LogP contribution in [0.5, 0.6) is 17.2 Å². The van der Waals surface area contributed by atoms with Gasteiger partial charge in [0, 0.05) is 75.0 Å². The van der Waals surface area contributed by atoms with Gasteiger partial charge in [-0.2, -0.15) is 0 Å². The minimum absolute atomic E-state index is 0.00485. The van der Waals surface area contributed by atoms with Crippen molar-refractivity contribution in [2.75, 3.05) is 54.7 Å². The molecule has 6 aliphatic rings. The average Bonchev–Trinajstić information content (AvgIpc) is 0.759. The molecule has 3 amide bonds. The van der Waals surface area contributed by atoms with Gasteiger partial charge in [0.2, 0.25) is 16.3 Å². The summed E-state index contributed by atoms with van der Waals surface area (Å²) in [5.41, 5.74) is 8.96. The predicted molar refractivity (Wildman–Crippen MR) is 392 cm³/mol. The summed E-state index contributed by atoms with van der Waals surface area (Å²) in [6.07, 6.45) is 30.5. The van der Waals surface area contributed by atoms with E-state index in [0.29, 0.717) is 39.6 Å². The van der Waals surface area contributed by atoms with Crippen molar-refractivity contribution in [3.8, 4) is 17.2 Å². The Kier molecular flexibility index (Phi) is 20.4. The third-order valence-corrected chi connectivity index (χ3v) is 19.4. The quantitative estimate of drug-likeness (QED) is 0.148. The first-order valence-electron chi connectivity index (χ1n) is 34.9. The SMILES string of the molecule is O=C1c2c(O)c(=O)ccn2N2CN1CCC/C=C/Cc1ccccc1C2c1ccccn1.O=C1c2c(O)c(=O)ccn2N2CN1CCC/C=C\Cc1ccccc1C2c1ccccn1.O=C1c2c(OCc3ccccc3)c(=O)ccn2N2CN1CCCC=CCc1ccccc1C2c1ccccn1. The number of aromatic nitrogens is 6. The molecule has 3 atom stereocenters. The first-order valence-corrected chi connectivity index (χ1v) is 34.9. The summed E-state index contributed by atoms with van der Waals surface area (Å²) in [5.74, 6) is -1.86. The Morgan fingerprint density at radius 2 is 0.709 bits per heavy atom. The monoisotopic (exact) mass is 1370 g/mol. The lowest BCUT2D eigenvalue weighted by Gasteiger charge is -2.44. The van der Waals surface area contributed by atoms with Crippen molar-refractivity contribution >= 4 is 17.7 Å². The molecular weight excluding hydrogens is 1300 g/mol. The number of rotatable bonds is 6. The largest absolute Gasteiger partial charge is 0.502 e. The van der Waals surface area contributed by atoms with Gasteiger partial charge >= 0.3 is 0 Å². The number of allylic oxidation sites excluding steroid dienone is 6. The zero-order valence-corrected chi connectivity index (χ0v) is 56.8. The van der Waals surface area contributed by atoms with Crippen molar-refractivity contribution in [2.24, 2.45) is 0 Å². The number of amides is 3. The molecule has 6 bridgehead atoms. The number of carbonyl (C=O) groups excluding carboxylic acids is 3. The van der Waals surface area contributed by atoms with E-state index in [1.54, 1.807) is 61.0 Å². The number of ether oxygens (including phenoxy) is 1. The Morgan fingerprint density at radius 3 is 1.09 bits per heavy atom. The number of pyridine rings is 6. The summed E-state index contributed by atoms with van der Waals surface area (Å²) in [6.45, 7) is 2.79. The maximum Gasteiger partial charge on any atom is 0.277 e. The highest BCUT2D eigenvalue weighted by Gasteiger charge is 2.41. The molecule has 0 aliphatic carbocycles. The number of hydrogen-bond donors (Lipinski definition) is 2. The van der Waals surface area contributed by atoms with E-state index in [1.807, 2.05) is 130 Å². The summed E-state index contributed by atoms with van der Waals surface area (Å²) < 4.78 is 11.1. The van der Waals surface area contributed by atoms with Gasteiger partial charge in [0.1, 0.15) is 44.7 Å². The second kappa shape index (κ2) is 31.0. The van der Waals surface area contributed by atoms with Crippen molar-refractivity contribution < 1.29 is 29.3 Å². The highest BCUT2D eigenvalue weighted by Crippen LogP contribution is 2.38. The van der Waals surface area contributed by atoms with Crippen molar-refractivity contribution in [1.29, 1.82) is 0 Å². The van der Waals surface area contributed by atoms with Crippen LogP contribution in [0.4, 0.5) is 0 Å². The van der Waals surface area contributed by atoms with Gasteiger partial charge in [-0.05, 0) is 133 Å². The van der Waals surface area contributed by atoms with E-state index in [2.05, 4.69) is 93.9 Å². The number of hydrogen-bond acceptors (Lipinski definition) is 15. The Bertz CT molecular complexity index is 4810. The minimum Gasteiger partial charge on any atom is -0.502 e. The van der Waals surface area contributed by atoms with E-state index in [1.165, 1.54) is 23.8 Å². The molecule has 12 heterocycles. The van der Waals surface area contributed by atoms with E-state index in [9.17, 15) is 39.0 Å². The minimum atomic E-state index is -0.565. The van der Waals surface area contributed by atoms with Gasteiger partial charge in [0.05, 0.1) is 17.1 Å². The van der Waals surface area contributed by atoms with Crippen LogP contribution in [0.3, 0.4) is 0 Å². The molecule has 21 heteroatoms. The summed E-state index contributed by atoms with van der Waals surface area (Å²) >= 11 is 0. The summed E-state index contributed by atoms with van der Waals surface area (Å²) in [4.78, 5) is 97.3. The smallest absolute Gasteiger partial charge is 0.277 e. The van der Waals surface area contributed by atoms with Gasteiger partial charge in [0.25, 0.3) is 17.7 Å². The molecule has 3 unspecified atom stereocenters. The third kappa shape index (κ3) is 14.3. The summed E-state index contributed by atoms with van der Waals surface area (Å²) in [7, 11) is 0. The number of aromatic hydroxyl groups is 2. The second-order valence-corrected chi connectivity index (χ2v) is 25.9. The first-order chi connectivity index (χ1) is 50.5. The third-order valence-electron chi connectivity index (χ3n) is 19.4. The second-order valence-electron chi connectivity index (χ2n) is 25.9. The van der Waals surface area contributed by atoms with E-state index in [0.717, 1.165) is 108 Å². The number of fused-ring (bicyclic) bond motifs is 15. The highest BCUT2D eigenvalue weighted by atomic mass is 16.5. The van der Waals surface area contributed by atoms with Crippen molar-refractivity contribution in [2.45, 2.75) is 82.5 Å². The van der Waals surface area contributed by atoms with Gasteiger partial charge in [-0.15, -0.1) is 0 Å². The number of nitrogens with zero attached hydrogens (tertiary/aromatic N) is 12. The van der Waals surface area contributed by atoms with E-state index < -0.39 is 22.4 Å². The number of carbonyl (C=O) groups is 3. The molecule has 16 rings (SSSR count). The van der Waals surface area contributed by atoms with Crippen LogP contribution in [0.15, 0.2) is 264 Å². The van der Waals surface area contributed by atoms with Crippen molar-refractivity contribution in [3.63, 3.8) is 0 Å². The molecule has 4 aromatic carbocycles. The van der Waals surface area contributed by atoms with Gasteiger partial charge < -0.3 is 29.6 Å². The molecular formula is C82H78N12O9. The summed E-state index contributed by atoms with van der Waals surface area (Å²) in [5, 5.41) is 27.3. The molecule has 0 spiro atoms. The average molecular weight is 1380 g/mol. The van der Waals surface area contributed by atoms with Crippen LogP contribution in [-0.2, 0) is 25.9 Å².